The minimum absolute atomic E-state index is 0.0569. The summed E-state index contributed by atoms with van der Waals surface area (Å²) in [6.45, 7) is 11.4. The summed E-state index contributed by atoms with van der Waals surface area (Å²) in [6, 6.07) is 15.6. The van der Waals surface area contributed by atoms with E-state index in [4.69, 9.17) is 14.2 Å². The lowest BCUT2D eigenvalue weighted by atomic mass is 10.1. The number of aryl methyl sites for hydroxylation is 1. The van der Waals surface area contributed by atoms with E-state index < -0.39 is 17.9 Å². The summed E-state index contributed by atoms with van der Waals surface area (Å²) >= 11 is 3.27. The molecule has 0 aliphatic heterocycles. The number of halogens is 1. The van der Waals surface area contributed by atoms with Gasteiger partial charge in [0.1, 0.15) is 0 Å². The van der Waals surface area contributed by atoms with E-state index in [1.54, 1.807) is 75.4 Å². The monoisotopic (exact) mass is 786 g/mol. The van der Waals surface area contributed by atoms with Gasteiger partial charge in [0.2, 0.25) is 17.5 Å². The Kier molecular flexibility index (Phi) is 13.6. The Balaban J connectivity index is 0.000000178. The van der Waals surface area contributed by atoms with Gasteiger partial charge in [-0.25, -0.2) is 29.3 Å². The van der Waals surface area contributed by atoms with E-state index in [1.807, 2.05) is 13.0 Å². The molecule has 0 fully saturated rings. The number of fused-ring (bicyclic) bond motifs is 3. The van der Waals surface area contributed by atoms with Gasteiger partial charge in [0.25, 0.3) is 16.7 Å². The van der Waals surface area contributed by atoms with Crippen LogP contribution in [0.1, 0.15) is 70.7 Å². The lowest BCUT2D eigenvalue weighted by Crippen LogP contribution is -2.17. The van der Waals surface area contributed by atoms with Gasteiger partial charge in [0, 0.05) is 4.47 Å². The van der Waals surface area contributed by atoms with Crippen molar-refractivity contribution in [2.45, 2.75) is 34.1 Å². The van der Waals surface area contributed by atoms with Crippen molar-refractivity contribution in [3.8, 4) is 0 Å². The predicted octanol–water partition coefficient (Wildman–Crippen LogP) is 5.27. The van der Waals surface area contributed by atoms with E-state index in [2.05, 4.69) is 52.4 Å². The molecule has 3 aromatic heterocycles. The molecule has 0 atom stereocenters. The maximum absolute atomic E-state index is 11.9. The lowest BCUT2D eigenvalue weighted by molar-refractivity contribution is 0.0503. The van der Waals surface area contributed by atoms with Crippen LogP contribution in [0.5, 0.6) is 0 Å². The molecule has 0 unspecified atom stereocenters. The van der Waals surface area contributed by atoms with Gasteiger partial charge in [-0.1, -0.05) is 47.6 Å². The minimum atomic E-state index is -0.635. The molecule has 53 heavy (non-hydrogen) atoms. The predicted molar refractivity (Wildman–Crippen MR) is 202 cm³/mol. The van der Waals surface area contributed by atoms with Crippen LogP contribution in [-0.2, 0) is 20.6 Å². The number of esters is 3. The molecule has 0 saturated heterocycles. The Morgan fingerprint density at radius 2 is 1.02 bits per heavy atom. The highest BCUT2D eigenvalue weighted by atomic mass is 79.9. The molecule has 0 radical (unpaired) electrons. The van der Waals surface area contributed by atoms with Gasteiger partial charge in [-0.05, 0) is 80.8 Å². The molecule has 6 rings (SSSR count). The van der Waals surface area contributed by atoms with Crippen molar-refractivity contribution in [2.24, 2.45) is 0 Å². The van der Waals surface area contributed by atoms with Gasteiger partial charge >= 0.3 is 17.9 Å². The van der Waals surface area contributed by atoms with Crippen LogP contribution in [0, 0.1) is 0 Å². The van der Waals surface area contributed by atoms with Crippen LogP contribution in [0.2, 0.25) is 0 Å². The van der Waals surface area contributed by atoms with Crippen molar-refractivity contribution in [1.82, 2.24) is 29.9 Å². The molecular formula is C37H35BrN6O9. The molecule has 15 nitrogen and oxygen atoms in total. The Labute approximate surface area is 309 Å². The zero-order valence-electron chi connectivity index (χ0n) is 29.2. The van der Waals surface area contributed by atoms with Gasteiger partial charge in [0.15, 0.2) is 0 Å². The first kappa shape index (κ1) is 39.5. The van der Waals surface area contributed by atoms with Crippen molar-refractivity contribution in [2.75, 3.05) is 19.8 Å². The summed E-state index contributed by atoms with van der Waals surface area (Å²) in [4.78, 5) is 89.4. The number of carbonyl (C=O) groups excluding carboxylic acids is 3. The molecule has 6 aromatic rings. The molecule has 0 saturated carbocycles. The second-order valence-electron chi connectivity index (χ2n) is 10.8. The number of carbonyl (C=O) groups is 3. The van der Waals surface area contributed by atoms with E-state index in [-0.39, 0.29) is 54.0 Å². The molecule has 0 aliphatic carbocycles. The molecule has 3 aromatic carbocycles. The normalized spacial score (nSPS) is 10.4. The molecule has 0 amide bonds. The maximum atomic E-state index is 11.9. The van der Waals surface area contributed by atoms with Gasteiger partial charge in [0.05, 0.1) is 52.5 Å². The number of aromatic amines is 3. The number of nitrogens with one attached hydrogen (secondary N) is 3. The standard InChI is InChI=1S/C13H14N2O3.C13H12N2O3.C11H9BrN2O3/c2*1-3-8-5-6-10-9(7-8)12(16)15-11(14-10)13(17)18-4-2;1-2-17-11(16)9-13-8-4-3-6(12)5-7(8)10(15)14-9/h5-7H,3-4H2,1-2H3,(H,14,15,16);3,5-7H,1,4H2,2H3,(H,14,15,16);3-5H,2H2,1H3,(H,13,14,15). The highest BCUT2D eigenvalue weighted by Gasteiger charge is 2.14. The fourth-order valence-corrected chi connectivity index (χ4v) is 5.05. The topological polar surface area (TPSA) is 216 Å². The number of nitrogens with zero attached hydrogens (tertiary/aromatic N) is 3. The number of ether oxygens (including phenoxy) is 3. The molecular weight excluding hydrogens is 752 g/mol. The molecule has 16 heteroatoms. The summed E-state index contributed by atoms with van der Waals surface area (Å²) in [5.74, 6) is -2.10. The first-order valence-corrected chi connectivity index (χ1v) is 17.1. The third-order valence-electron chi connectivity index (χ3n) is 7.22. The summed E-state index contributed by atoms with van der Waals surface area (Å²) in [7, 11) is 0. The number of aromatic nitrogens is 6. The number of hydrogen-bond donors (Lipinski definition) is 3. The highest BCUT2D eigenvalue weighted by Crippen LogP contribution is 2.16. The van der Waals surface area contributed by atoms with Crippen molar-refractivity contribution in [3.63, 3.8) is 0 Å². The Hall–Kier alpha value is -6.29. The summed E-state index contributed by atoms with van der Waals surface area (Å²) in [5, 5.41) is 1.33. The number of benzene rings is 3. The van der Waals surface area contributed by atoms with E-state index in [1.165, 1.54) is 0 Å². The average molecular weight is 788 g/mol. The Morgan fingerprint density at radius 3 is 1.43 bits per heavy atom. The quantitative estimate of drug-likeness (QED) is 0.133. The van der Waals surface area contributed by atoms with Crippen LogP contribution < -0.4 is 16.7 Å². The van der Waals surface area contributed by atoms with Crippen molar-refractivity contribution >= 4 is 72.6 Å². The molecule has 0 spiro atoms. The lowest BCUT2D eigenvalue weighted by Gasteiger charge is -2.03. The van der Waals surface area contributed by atoms with E-state index in [0.717, 1.165) is 22.0 Å². The van der Waals surface area contributed by atoms with Gasteiger partial charge in [-0.2, -0.15) is 0 Å². The van der Waals surface area contributed by atoms with Crippen molar-refractivity contribution in [3.05, 3.63) is 125 Å². The number of H-pyrrole nitrogens is 3. The van der Waals surface area contributed by atoms with Crippen LogP contribution in [0.3, 0.4) is 0 Å². The van der Waals surface area contributed by atoms with E-state index >= 15 is 0 Å². The smallest absolute Gasteiger partial charge is 0.374 e. The summed E-state index contributed by atoms with van der Waals surface area (Å²) < 4.78 is 15.1. The van der Waals surface area contributed by atoms with Gasteiger partial charge < -0.3 is 29.2 Å². The molecule has 0 bridgehead atoms. The Morgan fingerprint density at radius 1 is 0.623 bits per heavy atom. The van der Waals surface area contributed by atoms with Crippen LogP contribution in [0.15, 0.2) is 80.0 Å². The fraction of sp³-hybridized carbons (Fsp3) is 0.216. The van der Waals surface area contributed by atoms with Gasteiger partial charge in [-0.3, -0.25) is 14.4 Å². The van der Waals surface area contributed by atoms with Gasteiger partial charge in [-0.15, -0.1) is 0 Å². The second-order valence-corrected chi connectivity index (χ2v) is 11.7. The zero-order valence-corrected chi connectivity index (χ0v) is 30.8. The Bertz CT molecular complexity index is 2510. The van der Waals surface area contributed by atoms with E-state index in [9.17, 15) is 28.8 Å². The molecule has 0 aliphatic rings. The number of rotatable bonds is 8. The summed E-state index contributed by atoms with van der Waals surface area (Å²) in [5.41, 5.74) is 2.23. The SMILES string of the molecule is C=Cc1ccc2nc(C(=O)OCC)[nH]c(=O)c2c1.CCOC(=O)c1nc2ccc(Br)cc2c(=O)[nH]1.CCOC(=O)c1nc2ccc(CC)cc2c(=O)[nH]1. The minimum Gasteiger partial charge on any atom is -0.460 e. The third kappa shape index (κ3) is 9.94. The molecule has 3 heterocycles. The van der Waals surface area contributed by atoms with Crippen LogP contribution in [-0.4, -0.2) is 67.6 Å². The third-order valence-corrected chi connectivity index (χ3v) is 7.71. The second kappa shape index (κ2) is 18.3. The average Bonchev–Trinajstić information content (AvgIpc) is 3.15. The first-order chi connectivity index (χ1) is 25.4. The largest absolute Gasteiger partial charge is 0.460 e. The molecule has 3 N–H and O–H groups in total. The van der Waals surface area contributed by atoms with E-state index in [0.29, 0.717) is 32.7 Å². The molecule has 274 valence electrons. The zero-order chi connectivity index (χ0) is 38.7. The summed E-state index contributed by atoms with van der Waals surface area (Å²) in [6.07, 6.45) is 2.48. The first-order valence-electron chi connectivity index (χ1n) is 16.3. The fourth-order valence-electron chi connectivity index (χ4n) is 4.69. The number of hydrogen-bond acceptors (Lipinski definition) is 12. The maximum Gasteiger partial charge on any atom is 0.374 e. The van der Waals surface area contributed by atoms with Crippen LogP contribution in [0.25, 0.3) is 38.8 Å². The van der Waals surface area contributed by atoms with Crippen molar-refractivity contribution < 1.29 is 28.6 Å². The van der Waals surface area contributed by atoms with Crippen LogP contribution in [0.4, 0.5) is 0 Å². The van der Waals surface area contributed by atoms with Crippen LogP contribution >= 0.6 is 15.9 Å². The highest BCUT2D eigenvalue weighted by molar-refractivity contribution is 9.10. The van der Waals surface area contributed by atoms with Crippen molar-refractivity contribution in [1.29, 1.82) is 0 Å².